The van der Waals surface area contributed by atoms with Crippen molar-refractivity contribution in [2.24, 2.45) is 0 Å². The molecular formula is C19H24N2O3S. The normalized spacial score (nSPS) is 11.6. The van der Waals surface area contributed by atoms with Crippen LogP contribution in [0.1, 0.15) is 35.3 Å². The van der Waals surface area contributed by atoms with E-state index in [-0.39, 0.29) is 10.8 Å². The molecule has 0 aliphatic carbocycles. The smallest absolute Gasteiger partial charge is 0.255 e. The summed E-state index contributed by atoms with van der Waals surface area (Å²) in [6, 6.07) is 12.0. The molecular weight excluding hydrogens is 336 g/mol. The van der Waals surface area contributed by atoms with E-state index in [0.29, 0.717) is 24.3 Å². The Morgan fingerprint density at radius 2 is 1.64 bits per heavy atom. The molecule has 2 rings (SSSR count). The van der Waals surface area contributed by atoms with E-state index in [9.17, 15) is 13.2 Å². The van der Waals surface area contributed by atoms with Crippen molar-refractivity contribution in [3.05, 3.63) is 59.2 Å². The van der Waals surface area contributed by atoms with E-state index in [4.69, 9.17) is 0 Å². The van der Waals surface area contributed by atoms with Crippen molar-refractivity contribution in [1.29, 1.82) is 0 Å². The first-order chi connectivity index (χ1) is 11.8. The van der Waals surface area contributed by atoms with Gasteiger partial charge in [0, 0.05) is 24.3 Å². The van der Waals surface area contributed by atoms with Crippen LogP contribution in [0.15, 0.2) is 47.4 Å². The zero-order valence-corrected chi connectivity index (χ0v) is 15.9. The van der Waals surface area contributed by atoms with Crippen molar-refractivity contribution >= 4 is 21.6 Å². The Kier molecular flexibility index (Phi) is 5.98. The molecule has 0 unspecified atom stereocenters. The van der Waals surface area contributed by atoms with Gasteiger partial charge in [-0.1, -0.05) is 32.0 Å². The van der Waals surface area contributed by atoms with Crippen molar-refractivity contribution in [3.8, 4) is 0 Å². The van der Waals surface area contributed by atoms with Gasteiger partial charge in [0.15, 0.2) is 0 Å². The van der Waals surface area contributed by atoms with E-state index >= 15 is 0 Å². The van der Waals surface area contributed by atoms with Gasteiger partial charge in [-0.25, -0.2) is 8.42 Å². The summed E-state index contributed by atoms with van der Waals surface area (Å²) in [5.41, 5.74) is 2.70. The van der Waals surface area contributed by atoms with Gasteiger partial charge in [-0.2, -0.15) is 4.31 Å². The van der Waals surface area contributed by atoms with E-state index < -0.39 is 10.0 Å². The summed E-state index contributed by atoms with van der Waals surface area (Å²) < 4.78 is 27.0. The van der Waals surface area contributed by atoms with Crippen molar-refractivity contribution in [3.63, 3.8) is 0 Å². The van der Waals surface area contributed by atoms with Crippen molar-refractivity contribution in [2.45, 2.75) is 32.6 Å². The van der Waals surface area contributed by atoms with Crippen LogP contribution in [0.25, 0.3) is 0 Å². The number of hydrogen-bond acceptors (Lipinski definition) is 3. The fraction of sp³-hybridized carbons (Fsp3) is 0.316. The molecule has 0 atom stereocenters. The number of nitrogens with zero attached hydrogens (tertiary/aromatic N) is 1. The summed E-state index contributed by atoms with van der Waals surface area (Å²) in [7, 11) is -3.58. The Morgan fingerprint density at radius 3 is 2.20 bits per heavy atom. The zero-order valence-electron chi connectivity index (χ0n) is 15.0. The van der Waals surface area contributed by atoms with Crippen LogP contribution in [0.5, 0.6) is 0 Å². The minimum atomic E-state index is -3.58. The molecule has 0 spiro atoms. The lowest BCUT2D eigenvalue weighted by Gasteiger charge is -2.20. The highest BCUT2D eigenvalue weighted by Crippen LogP contribution is 2.26. The van der Waals surface area contributed by atoms with Crippen molar-refractivity contribution in [2.75, 3.05) is 18.4 Å². The fourth-order valence-electron chi connectivity index (χ4n) is 2.60. The molecule has 0 aliphatic heterocycles. The number of sulfonamides is 1. The quantitative estimate of drug-likeness (QED) is 0.856. The molecule has 0 aromatic heterocycles. The number of carbonyl (C=O) groups excluding carboxylic acids is 1. The van der Waals surface area contributed by atoms with Gasteiger partial charge in [-0.3, -0.25) is 4.79 Å². The SMILES string of the molecule is CCN(CC)S(=O)(=O)c1cc(C)c(C)c(NC(=O)c2ccccc2)c1. The van der Waals surface area contributed by atoms with Crippen LogP contribution in [0.4, 0.5) is 5.69 Å². The summed E-state index contributed by atoms with van der Waals surface area (Å²) in [5, 5.41) is 2.83. The molecule has 25 heavy (non-hydrogen) atoms. The van der Waals surface area contributed by atoms with E-state index in [1.807, 2.05) is 19.9 Å². The number of nitrogens with one attached hydrogen (secondary N) is 1. The molecule has 134 valence electrons. The molecule has 0 aliphatic rings. The van der Waals surface area contributed by atoms with E-state index in [1.165, 1.54) is 10.4 Å². The summed E-state index contributed by atoms with van der Waals surface area (Å²) in [6.07, 6.45) is 0. The highest BCUT2D eigenvalue weighted by molar-refractivity contribution is 7.89. The topological polar surface area (TPSA) is 66.5 Å². The lowest BCUT2D eigenvalue weighted by atomic mass is 10.1. The monoisotopic (exact) mass is 360 g/mol. The van der Waals surface area contributed by atoms with Gasteiger partial charge in [0.05, 0.1) is 4.90 Å². The number of carbonyl (C=O) groups is 1. The number of benzene rings is 2. The first kappa shape index (κ1) is 19.1. The average Bonchev–Trinajstić information content (AvgIpc) is 2.60. The van der Waals surface area contributed by atoms with Crippen LogP contribution in [0, 0.1) is 13.8 Å². The maximum atomic E-state index is 12.8. The second-order valence-electron chi connectivity index (χ2n) is 5.82. The minimum Gasteiger partial charge on any atom is -0.322 e. The minimum absolute atomic E-state index is 0.197. The number of aryl methyl sites for hydroxylation is 1. The maximum absolute atomic E-state index is 12.8. The summed E-state index contributed by atoms with van der Waals surface area (Å²) in [6.45, 7) is 8.12. The Morgan fingerprint density at radius 1 is 1.04 bits per heavy atom. The van der Waals surface area contributed by atoms with Gasteiger partial charge in [-0.15, -0.1) is 0 Å². The molecule has 5 nitrogen and oxygen atoms in total. The first-order valence-corrected chi connectivity index (χ1v) is 9.73. The number of rotatable bonds is 6. The predicted octanol–water partition coefficient (Wildman–Crippen LogP) is 3.59. The molecule has 2 aromatic carbocycles. The van der Waals surface area contributed by atoms with E-state index in [2.05, 4.69) is 5.32 Å². The van der Waals surface area contributed by atoms with E-state index in [0.717, 1.165) is 11.1 Å². The summed E-state index contributed by atoms with van der Waals surface area (Å²) in [4.78, 5) is 12.6. The van der Waals surface area contributed by atoms with Gasteiger partial charge >= 0.3 is 0 Å². The van der Waals surface area contributed by atoms with Crippen molar-refractivity contribution in [1.82, 2.24) is 4.31 Å². The summed E-state index contributed by atoms with van der Waals surface area (Å²) in [5.74, 6) is -0.263. The molecule has 6 heteroatoms. The third-order valence-electron chi connectivity index (χ3n) is 4.27. The van der Waals surface area contributed by atoms with Crippen LogP contribution >= 0.6 is 0 Å². The highest BCUT2D eigenvalue weighted by Gasteiger charge is 2.23. The number of anilines is 1. The van der Waals surface area contributed by atoms with E-state index in [1.54, 1.807) is 44.2 Å². The number of amides is 1. The standard InChI is InChI=1S/C19H24N2O3S/c1-5-21(6-2)25(23,24)17-12-14(3)15(4)18(13-17)20-19(22)16-10-8-7-9-11-16/h7-13H,5-6H2,1-4H3,(H,20,22). The van der Waals surface area contributed by atoms with Crippen LogP contribution in [0.2, 0.25) is 0 Å². The van der Waals surface area contributed by atoms with Crippen LogP contribution in [-0.2, 0) is 10.0 Å². The first-order valence-electron chi connectivity index (χ1n) is 8.29. The van der Waals surface area contributed by atoms with Gasteiger partial charge in [0.2, 0.25) is 10.0 Å². The number of hydrogen-bond donors (Lipinski definition) is 1. The Bertz CT molecular complexity index is 858. The second kappa shape index (κ2) is 7.80. The molecule has 2 aromatic rings. The van der Waals surface area contributed by atoms with Gasteiger partial charge in [-0.05, 0) is 49.2 Å². The fourth-order valence-corrected chi connectivity index (χ4v) is 4.17. The predicted molar refractivity (Wildman–Crippen MR) is 100 cm³/mol. The molecule has 1 amide bonds. The molecule has 0 saturated heterocycles. The molecule has 0 saturated carbocycles. The third kappa shape index (κ3) is 4.08. The van der Waals surface area contributed by atoms with Crippen LogP contribution in [-0.4, -0.2) is 31.7 Å². The molecule has 0 radical (unpaired) electrons. The van der Waals surface area contributed by atoms with Gasteiger partial charge < -0.3 is 5.32 Å². The zero-order chi connectivity index (χ0) is 18.6. The largest absolute Gasteiger partial charge is 0.322 e. The van der Waals surface area contributed by atoms with Crippen molar-refractivity contribution < 1.29 is 13.2 Å². The molecule has 0 bridgehead atoms. The second-order valence-corrected chi connectivity index (χ2v) is 7.76. The maximum Gasteiger partial charge on any atom is 0.255 e. The summed E-state index contributed by atoms with van der Waals surface area (Å²) >= 11 is 0. The van der Waals surface area contributed by atoms with Crippen LogP contribution in [0.3, 0.4) is 0 Å². The lowest BCUT2D eigenvalue weighted by Crippen LogP contribution is -2.30. The Balaban J connectivity index is 2.43. The van der Waals surface area contributed by atoms with Gasteiger partial charge in [0.25, 0.3) is 5.91 Å². The molecule has 0 heterocycles. The highest BCUT2D eigenvalue weighted by atomic mass is 32.2. The average molecular weight is 360 g/mol. The van der Waals surface area contributed by atoms with Crippen LogP contribution < -0.4 is 5.32 Å². The Hall–Kier alpha value is -2.18. The lowest BCUT2D eigenvalue weighted by molar-refractivity contribution is 0.102. The Labute approximate surface area is 149 Å². The molecule has 1 N–H and O–H groups in total. The third-order valence-corrected chi connectivity index (χ3v) is 6.30. The van der Waals surface area contributed by atoms with Gasteiger partial charge in [0.1, 0.15) is 0 Å². The molecule has 0 fully saturated rings.